The summed E-state index contributed by atoms with van der Waals surface area (Å²) in [6.45, 7) is 0.455. The maximum Gasteiger partial charge on any atom is 0.172 e. The quantitative estimate of drug-likeness (QED) is 0.694. The van der Waals surface area contributed by atoms with Crippen molar-refractivity contribution in [2.75, 3.05) is 16.6 Å². The van der Waals surface area contributed by atoms with Gasteiger partial charge in [-0.15, -0.1) is 5.53 Å². The summed E-state index contributed by atoms with van der Waals surface area (Å²) >= 11 is 3.43. The summed E-state index contributed by atoms with van der Waals surface area (Å²) in [6, 6.07) is 9.64. The van der Waals surface area contributed by atoms with Crippen LogP contribution in [0.5, 0.6) is 5.75 Å². The number of benzene rings is 1. The molecule has 19 heavy (non-hydrogen) atoms. The molecule has 6 nitrogen and oxygen atoms in total. The van der Waals surface area contributed by atoms with Gasteiger partial charge in [-0.3, -0.25) is 10.9 Å². The van der Waals surface area contributed by atoms with Crippen LogP contribution in [-0.2, 0) is 6.61 Å². The van der Waals surface area contributed by atoms with E-state index in [1.165, 1.54) is 0 Å². The zero-order valence-corrected chi connectivity index (χ0v) is 11.5. The third-order valence-electron chi connectivity index (χ3n) is 2.65. The lowest BCUT2D eigenvalue weighted by atomic mass is 10.2. The Bertz CT molecular complexity index is 619. The highest BCUT2D eigenvalue weighted by Crippen LogP contribution is 2.35. The fourth-order valence-corrected chi connectivity index (χ4v) is 2.25. The average molecular weight is 322 g/mol. The summed E-state index contributed by atoms with van der Waals surface area (Å²) in [4.78, 5) is 4.14. The van der Waals surface area contributed by atoms with Crippen molar-refractivity contribution in [1.82, 2.24) is 10.5 Å². The van der Waals surface area contributed by atoms with Crippen molar-refractivity contribution in [1.29, 1.82) is 0 Å². The molecule has 0 saturated heterocycles. The van der Waals surface area contributed by atoms with Crippen LogP contribution in [0.3, 0.4) is 0 Å². The first-order valence-electron chi connectivity index (χ1n) is 5.67. The minimum absolute atomic E-state index is 0.404. The molecule has 1 aliphatic rings. The van der Waals surface area contributed by atoms with Gasteiger partial charge in [0.1, 0.15) is 18.1 Å². The lowest BCUT2D eigenvalue weighted by Gasteiger charge is -2.10. The topological polar surface area (TPSA) is 84.2 Å². The van der Waals surface area contributed by atoms with Crippen LogP contribution in [0.4, 0.5) is 17.3 Å². The van der Waals surface area contributed by atoms with E-state index in [4.69, 9.17) is 10.5 Å². The number of nitrogens with zero attached hydrogens (tertiary/aromatic N) is 1. The number of nitrogens with two attached hydrogens (primary N) is 1. The molecule has 2 heterocycles. The molecule has 2 aromatic rings. The van der Waals surface area contributed by atoms with Gasteiger partial charge in [0.2, 0.25) is 0 Å². The maximum absolute atomic E-state index is 5.79. The molecule has 0 atom stereocenters. The smallest absolute Gasteiger partial charge is 0.172 e. The number of nitrogen functional groups attached to an aromatic ring is 1. The Balaban J connectivity index is 1.81. The van der Waals surface area contributed by atoms with E-state index >= 15 is 0 Å². The van der Waals surface area contributed by atoms with Gasteiger partial charge in [0, 0.05) is 10.5 Å². The molecule has 0 radical (unpaired) electrons. The largest absolute Gasteiger partial charge is 0.486 e. The molecule has 98 valence electrons. The van der Waals surface area contributed by atoms with Crippen molar-refractivity contribution in [3.63, 3.8) is 0 Å². The average Bonchev–Trinajstić information content (AvgIpc) is 2.84. The number of anilines is 3. The van der Waals surface area contributed by atoms with Gasteiger partial charge in [-0.05, 0) is 17.7 Å². The minimum Gasteiger partial charge on any atom is -0.486 e. The number of hydrogen-bond donors (Lipinski definition) is 4. The van der Waals surface area contributed by atoms with E-state index < -0.39 is 0 Å². The van der Waals surface area contributed by atoms with Gasteiger partial charge in [-0.1, -0.05) is 28.1 Å². The van der Waals surface area contributed by atoms with Crippen molar-refractivity contribution in [3.8, 4) is 5.75 Å². The number of rotatable bonds is 3. The first-order valence-corrected chi connectivity index (χ1v) is 6.46. The number of halogens is 1. The normalized spacial score (nSPS) is 12.5. The molecule has 1 aromatic carbocycles. The fraction of sp³-hybridized carbons (Fsp3) is 0.0833. The lowest BCUT2D eigenvalue weighted by Crippen LogP contribution is -2.19. The van der Waals surface area contributed by atoms with Crippen molar-refractivity contribution in [3.05, 3.63) is 40.4 Å². The highest BCUT2D eigenvalue weighted by Gasteiger charge is 2.17. The molecular weight excluding hydrogens is 310 g/mol. The van der Waals surface area contributed by atoms with Crippen LogP contribution in [0.15, 0.2) is 34.8 Å². The summed E-state index contributed by atoms with van der Waals surface area (Å²) in [5.41, 5.74) is 16.1. The predicted molar refractivity (Wildman–Crippen MR) is 77.5 cm³/mol. The van der Waals surface area contributed by atoms with Gasteiger partial charge in [-0.2, -0.15) is 0 Å². The zero-order chi connectivity index (χ0) is 13.2. The Morgan fingerprint density at radius 1 is 1.26 bits per heavy atom. The number of fused-ring (bicyclic) bond motifs is 1. The Morgan fingerprint density at radius 2 is 2.16 bits per heavy atom. The van der Waals surface area contributed by atoms with Crippen LogP contribution in [-0.4, -0.2) is 4.98 Å². The Hall–Kier alpha value is -1.99. The number of hydrazine groups is 2. The molecule has 7 heteroatoms. The second-order valence-corrected chi connectivity index (χ2v) is 4.98. The molecule has 0 saturated carbocycles. The van der Waals surface area contributed by atoms with Crippen LogP contribution < -0.4 is 26.9 Å². The fourth-order valence-electron chi connectivity index (χ4n) is 1.81. The van der Waals surface area contributed by atoms with Gasteiger partial charge in [0.05, 0.1) is 0 Å². The van der Waals surface area contributed by atoms with E-state index in [9.17, 15) is 0 Å². The van der Waals surface area contributed by atoms with E-state index in [1.807, 2.05) is 24.3 Å². The molecule has 5 N–H and O–H groups in total. The molecule has 0 aliphatic carbocycles. The van der Waals surface area contributed by atoms with Crippen LogP contribution in [0.1, 0.15) is 5.56 Å². The first kappa shape index (κ1) is 12.1. The minimum atomic E-state index is 0.404. The van der Waals surface area contributed by atoms with Crippen LogP contribution in [0.25, 0.3) is 0 Å². The molecule has 0 amide bonds. The standard InChI is InChI=1S/C12H12BrN5O/c13-8-3-1-2-7(4-8)6-19-9-5-10(14)15-12-11(9)16-18-17-12/h1-5,16,18H,6H2,(H3,14,15,17). The van der Waals surface area contributed by atoms with Gasteiger partial charge in [-0.25, -0.2) is 4.98 Å². The first-order chi connectivity index (χ1) is 9.22. The number of hydrogen-bond acceptors (Lipinski definition) is 6. The second-order valence-electron chi connectivity index (χ2n) is 4.06. The third kappa shape index (κ3) is 2.56. The highest BCUT2D eigenvalue weighted by atomic mass is 79.9. The molecule has 3 rings (SSSR count). The monoisotopic (exact) mass is 321 g/mol. The Labute approximate surface area is 118 Å². The van der Waals surface area contributed by atoms with Crippen molar-refractivity contribution < 1.29 is 4.74 Å². The molecule has 1 aromatic heterocycles. The van der Waals surface area contributed by atoms with E-state index in [0.717, 1.165) is 15.7 Å². The van der Waals surface area contributed by atoms with E-state index in [1.54, 1.807) is 6.07 Å². The molecule has 0 fully saturated rings. The van der Waals surface area contributed by atoms with Gasteiger partial charge < -0.3 is 10.5 Å². The van der Waals surface area contributed by atoms with Crippen LogP contribution in [0.2, 0.25) is 0 Å². The lowest BCUT2D eigenvalue weighted by molar-refractivity contribution is 0.308. The van der Waals surface area contributed by atoms with E-state index in [0.29, 0.717) is 24.0 Å². The van der Waals surface area contributed by atoms with Crippen molar-refractivity contribution in [2.45, 2.75) is 6.61 Å². The van der Waals surface area contributed by atoms with Crippen LogP contribution >= 0.6 is 15.9 Å². The maximum atomic E-state index is 5.79. The molecule has 1 aliphatic heterocycles. The highest BCUT2D eigenvalue weighted by molar-refractivity contribution is 9.10. The SMILES string of the molecule is Nc1cc(OCc2cccc(Br)c2)c2c(n1)NNN2. The molecule has 0 unspecified atom stereocenters. The van der Waals surface area contributed by atoms with E-state index in [-0.39, 0.29) is 0 Å². The molecule has 0 spiro atoms. The number of pyridine rings is 1. The number of ether oxygens (including phenoxy) is 1. The van der Waals surface area contributed by atoms with Crippen molar-refractivity contribution in [2.24, 2.45) is 0 Å². The second kappa shape index (κ2) is 4.94. The van der Waals surface area contributed by atoms with Gasteiger partial charge in [0.25, 0.3) is 0 Å². The molecular formula is C12H12BrN5O. The Kier molecular flexibility index (Phi) is 3.14. The van der Waals surface area contributed by atoms with Gasteiger partial charge in [0.15, 0.2) is 11.6 Å². The summed E-state index contributed by atoms with van der Waals surface area (Å²) in [5.74, 6) is 1.69. The third-order valence-corrected chi connectivity index (χ3v) is 3.15. The Morgan fingerprint density at radius 3 is 3.00 bits per heavy atom. The van der Waals surface area contributed by atoms with Crippen LogP contribution in [0, 0.1) is 0 Å². The van der Waals surface area contributed by atoms with Crippen molar-refractivity contribution >= 4 is 33.3 Å². The number of nitrogens with one attached hydrogen (secondary N) is 3. The summed E-state index contributed by atoms with van der Waals surface area (Å²) in [7, 11) is 0. The zero-order valence-electron chi connectivity index (χ0n) is 9.90. The molecule has 0 bridgehead atoms. The predicted octanol–water partition coefficient (Wildman–Crippen LogP) is 2.26. The summed E-state index contributed by atoms with van der Waals surface area (Å²) < 4.78 is 6.81. The van der Waals surface area contributed by atoms with E-state index in [2.05, 4.69) is 37.3 Å². The summed E-state index contributed by atoms with van der Waals surface area (Å²) in [5, 5.41) is 0. The summed E-state index contributed by atoms with van der Waals surface area (Å²) in [6.07, 6.45) is 0. The van der Waals surface area contributed by atoms with Gasteiger partial charge >= 0.3 is 0 Å². The number of aromatic nitrogens is 1.